The van der Waals surface area contributed by atoms with Gasteiger partial charge >= 0.3 is 0 Å². The average molecular weight is 286 g/mol. The first kappa shape index (κ1) is 15.4. The minimum atomic E-state index is -0.162. The topological polar surface area (TPSA) is 80.9 Å². The van der Waals surface area contributed by atoms with Gasteiger partial charge in [-0.15, -0.1) is 0 Å². The van der Waals surface area contributed by atoms with E-state index >= 15 is 0 Å². The first-order chi connectivity index (χ1) is 9.87. The van der Waals surface area contributed by atoms with Gasteiger partial charge in [0.2, 0.25) is 0 Å². The molecule has 1 aromatic heterocycles. The molecule has 0 radical (unpaired) electrons. The van der Waals surface area contributed by atoms with Crippen molar-refractivity contribution in [3.63, 3.8) is 0 Å². The molecule has 0 aliphatic carbocycles. The van der Waals surface area contributed by atoms with Crippen LogP contribution in [0.1, 0.15) is 37.6 Å². The Labute approximate surface area is 125 Å². The Morgan fingerprint density at radius 1 is 1.29 bits per heavy atom. The van der Waals surface area contributed by atoms with E-state index in [9.17, 15) is 4.79 Å². The number of para-hydroxylation sites is 1. The molecule has 1 heterocycles. The largest absolute Gasteiger partial charge is 0.350 e. The van der Waals surface area contributed by atoms with Crippen molar-refractivity contribution in [1.29, 1.82) is 0 Å². The van der Waals surface area contributed by atoms with Crippen LogP contribution in [0.5, 0.6) is 0 Å². The Balaban J connectivity index is 2.06. The molecule has 5 nitrogen and oxygen atoms in total. The Kier molecular flexibility index (Phi) is 4.53. The van der Waals surface area contributed by atoms with E-state index in [0.717, 1.165) is 6.42 Å². The molecular weight excluding hydrogens is 264 g/mol. The fourth-order valence-electron chi connectivity index (χ4n) is 2.35. The number of rotatable bonds is 4. The van der Waals surface area contributed by atoms with Crippen molar-refractivity contribution in [3.8, 4) is 0 Å². The Bertz CT molecular complexity index is 628. The molecule has 0 aliphatic heterocycles. The van der Waals surface area contributed by atoms with Crippen molar-refractivity contribution < 1.29 is 4.79 Å². The maximum atomic E-state index is 12.3. The van der Waals surface area contributed by atoms with Crippen molar-refractivity contribution in [3.05, 3.63) is 36.2 Å². The minimum Gasteiger partial charge on any atom is -0.350 e. The number of amides is 1. The lowest BCUT2D eigenvalue weighted by Gasteiger charge is -2.23. The molecule has 0 saturated carbocycles. The molecule has 1 atom stereocenters. The second-order valence-electron chi connectivity index (χ2n) is 6.46. The summed E-state index contributed by atoms with van der Waals surface area (Å²) in [5.74, 6) is -0.162. The van der Waals surface area contributed by atoms with Gasteiger partial charge in [-0.3, -0.25) is 14.8 Å². The summed E-state index contributed by atoms with van der Waals surface area (Å²) >= 11 is 0. The van der Waals surface area contributed by atoms with Crippen LogP contribution in [0.3, 0.4) is 0 Å². The summed E-state index contributed by atoms with van der Waals surface area (Å²) < 4.78 is 0. The minimum absolute atomic E-state index is 0.0602. The highest BCUT2D eigenvalue weighted by molar-refractivity contribution is 6.04. The van der Waals surface area contributed by atoms with Crippen LogP contribution in [0, 0.1) is 5.41 Å². The highest BCUT2D eigenvalue weighted by Gasteiger charge is 2.17. The normalized spacial score (nSPS) is 13.1. The van der Waals surface area contributed by atoms with Gasteiger partial charge in [0, 0.05) is 25.0 Å². The molecule has 0 spiro atoms. The molecule has 112 valence electrons. The van der Waals surface area contributed by atoms with Crippen molar-refractivity contribution in [1.82, 2.24) is 15.3 Å². The van der Waals surface area contributed by atoms with E-state index < -0.39 is 0 Å². The van der Waals surface area contributed by atoms with Gasteiger partial charge in [0.25, 0.3) is 5.91 Å². The summed E-state index contributed by atoms with van der Waals surface area (Å²) in [5.41, 5.74) is 8.06. The van der Waals surface area contributed by atoms with E-state index in [1.165, 1.54) is 0 Å². The molecule has 1 amide bonds. The smallest absolute Gasteiger partial charge is 0.253 e. The summed E-state index contributed by atoms with van der Waals surface area (Å²) in [7, 11) is 0. The third-order valence-corrected chi connectivity index (χ3v) is 3.14. The summed E-state index contributed by atoms with van der Waals surface area (Å²) in [6.07, 6.45) is 4.05. The number of nitrogens with two attached hydrogens (primary N) is 1. The Hall–Kier alpha value is -2.01. The van der Waals surface area contributed by atoms with Gasteiger partial charge in [-0.05, 0) is 24.0 Å². The number of benzene rings is 1. The van der Waals surface area contributed by atoms with E-state index in [1.807, 2.05) is 6.07 Å². The Morgan fingerprint density at radius 2 is 2.00 bits per heavy atom. The van der Waals surface area contributed by atoms with Gasteiger partial charge in [0.05, 0.1) is 11.1 Å². The van der Waals surface area contributed by atoms with Gasteiger partial charge in [-0.1, -0.05) is 26.8 Å². The molecular formula is C16H22N4O. The number of carbonyl (C=O) groups excluding carboxylic acids is 1. The highest BCUT2D eigenvalue weighted by atomic mass is 16.1. The lowest BCUT2D eigenvalue weighted by molar-refractivity contribution is 0.0950. The molecule has 2 rings (SSSR count). The highest BCUT2D eigenvalue weighted by Crippen LogP contribution is 2.19. The number of hydrogen-bond donors (Lipinski definition) is 2. The lowest BCUT2D eigenvalue weighted by atomic mass is 9.88. The summed E-state index contributed by atoms with van der Waals surface area (Å²) in [6, 6.07) is 5.34. The van der Waals surface area contributed by atoms with Crippen molar-refractivity contribution in [2.45, 2.75) is 33.2 Å². The molecule has 5 heteroatoms. The van der Waals surface area contributed by atoms with Crippen LogP contribution in [0.4, 0.5) is 0 Å². The first-order valence-electron chi connectivity index (χ1n) is 7.10. The van der Waals surface area contributed by atoms with Crippen LogP contribution in [-0.2, 0) is 0 Å². The molecule has 1 aromatic carbocycles. The first-order valence-corrected chi connectivity index (χ1v) is 7.10. The van der Waals surface area contributed by atoms with E-state index in [4.69, 9.17) is 5.73 Å². The summed E-state index contributed by atoms with van der Waals surface area (Å²) in [6.45, 7) is 6.85. The van der Waals surface area contributed by atoms with Crippen LogP contribution in [0.15, 0.2) is 30.6 Å². The van der Waals surface area contributed by atoms with E-state index in [2.05, 4.69) is 36.1 Å². The number of nitrogens with zero attached hydrogens (tertiary/aromatic N) is 2. The third-order valence-electron chi connectivity index (χ3n) is 3.14. The molecule has 3 N–H and O–H groups in total. The number of aromatic nitrogens is 2. The molecule has 1 unspecified atom stereocenters. The van der Waals surface area contributed by atoms with Gasteiger partial charge in [-0.25, -0.2) is 0 Å². The number of hydrogen-bond acceptors (Lipinski definition) is 4. The van der Waals surface area contributed by atoms with Crippen LogP contribution in [0.25, 0.3) is 11.0 Å². The molecule has 0 fully saturated rings. The second-order valence-corrected chi connectivity index (χ2v) is 6.46. The maximum Gasteiger partial charge on any atom is 0.253 e. The van der Waals surface area contributed by atoms with Gasteiger partial charge in [0.1, 0.15) is 5.52 Å². The van der Waals surface area contributed by atoms with Crippen LogP contribution in [-0.4, -0.2) is 28.5 Å². The number of fused-ring (bicyclic) bond motifs is 1. The van der Waals surface area contributed by atoms with Crippen molar-refractivity contribution in [2.24, 2.45) is 11.1 Å². The standard InChI is InChI=1S/C16H22N4O/c1-16(2,3)9-11(17)10-20-15(21)12-5-4-6-13-14(12)19-8-7-18-13/h4-8,11H,9-10,17H2,1-3H3,(H,20,21). The predicted octanol–water partition coefficient (Wildman–Crippen LogP) is 2.12. The third kappa shape index (κ3) is 4.23. The van der Waals surface area contributed by atoms with E-state index in [-0.39, 0.29) is 17.4 Å². The fraction of sp³-hybridized carbons (Fsp3) is 0.438. The molecule has 21 heavy (non-hydrogen) atoms. The summed E-state index contributed by atoms with van der Waals surface area (Å²) in [5, 5.41) is 2.88. The zero-order valence-corrected chi connectivity index (χ0v) is 12.8. The number of nitrogens with one attached hydrogen (secondary N) is 1. The predicted molar refractivity (Wildman–Crippen MR) is 83.9 cm³/mol. The average Bonchev–Trinajstić information content (AvgIpc) is 2.42. The Morgan fingerprint density at radius 3 is 2.71 bits per heavy atom. The fourth-order valence-corrected chi connectivity index (χ4v) is 2.35. The zero-order chi connectivity index (χ0) is 15.5. The maximum absolute atomic E-state index is 12.3. The zero-order valence-electron chi connectivity index (χ0n) is 12.8. The monoisotopic (exact) mass is 286 g/mol. The molecule has 0 saturated heterocycles. The molecule has 0 bridgehead atoms. The van der Waals surface area contributed by atoms with Gasteiger partial charge in [-0.2, -0.15) is 0 Å². The number of carbonyl (C=O) groups is 1. The summed E-state index contributed by atoms with van der Waals surface area (Å²) in [4.78, 5) is 20.7. The van der Waals surface area contributed by atoms with Crippen LogP contribution >= 0.6 is 0 Å². The van der Waals surface area contributed by atoms with Gasteiger partial charge in [0.15, 0.2) is 0 Å². The van der Waals surface area contributed by atoms with Crippen LogP contribution in [0.2, 0.25) is 0 Å². The quantitative estimate of drug-likeness (QED) is 0.902. The van der Waals surface area contributed by atoms with E-state index in [0.29, 0.717) is 23.1 Å². The van der Waals surface area contributed by atoms with Crippen molar-refractivity contribution in [2.75, 3.05) is 6.54 Å². The van der Waals surface area contributed by atoms with Gasteiger partial charge < -0.3 is 11.1 Å². The van der Waals surface area contributed by atoms with Crippen molar-refractivity contribution >= 4 is 16.9 Å². The van der Waals surface area contributed by atoms with E-state index in [1.54, 1.807) is 24.5 Å². The molecule has 2 aromatic rings. The molecule has 0 aliphatic rings. The second kappa shape index (κ2) is 6.18. The lowest BCUT2D eigenvalue weighted by Crippen LogP contribution is -2.39. The van der Waals surface area contributed by atoms with Crippen LogP contribution < -0.4 is 11.1 Å². The SMILES string of the molecule is CC(C)(C)CC(N)CNC(=O)c1cccc2nccnc12.